The zero-order valence-electron chi connectivity index (χ0n) is 13.6. The van der Waals surface area contributed by atoms with E-state index >= 15 is 0 Å². The molecule has 0 aliphatic rings. The van der Waals surface area contributed by atoms with Crippen LogP contribution in [0.1, 0.15) is 26.5 Å². The first kappa shape index (κ1) is 16.1. The van der Waals surface area contributed by atoms with Gasteiger partial charge in [-0.2, -0.15) is 0 Å². The van der Waals surface area contributed by atoms with Crippen molar-refractivity contribution >= 4 is 34.0 Å². The summed E-state index contributed by atoms with van der Waals surface area (Å²) in [4.78, 5) is 17.5. The van der Waals surface area contributed by atoms with Gasteiger partial charge in [-0.1, -0.05) is 59.9 Å². The molecule has 0 bridgehead atoms. The average molecular weight is 334 g/mol. The van der Waals surface area contributed by atoms with Crippen molar-refractivity contribution in [3.05, 3.63) is 82.4 Å². The summed E-state index contributed by atoms with van der Waals surface area (Å²) in [6.45, 7) is 3.91. The Kier molecular flexibility index (Phi) is 4.87. The largest absolute Gasteiger partial charge is 0.332 e. The Morgan fingerprint density at radius 2 is 1.88 bits per heavy atom. The molecule has 1 N–H and O–H groups in total. The molecule has 0 atom stereocenters. The highest BCUT2D eigenvalue weighted by Gasteiger charge is 2.13. The van der Waals surface area contributed by atoms with Gasteiger partial charge in [0.1, 0.15) is 0 Å². The van der Waals surface area contributed by atoms with Gasteiger partial charge in [0.25, 0.3) is 0 Å². The molecule has 2 aromatic carbocycles. The third kappa shape index (κ3) is 3.97. The Morgan fingerprint density at radius 1 is 1.08 bits per heavy atom. The van der Waals surface area contributed by atoms with Crippen molar-refractivity contribution in [2.45, 2.75) is 13.8 Å². The second kappa shape index (κ2) is 7.23. The molecule has 0 aliphatic heterocycles. The van der Waals surface area contributed by atoms with E-state index in [2.05, 4.69) is 10.3 Å². The van der Waals surface area contributed by atoms with Gasteiger partial charge in [-0.05, 0) is 43.2 Å². The van der Waals surface area contributed by atoms with Crippen LogP contribution in [0.15, 0.2) is 60.7 Å². The summed E-state index contributed by atoms with van der Waals surface area (Å²) in [6.07, 6.45) is 3.43. The molecule has 0 fully saturated rings. The zero-order valence-corrected chi connectivity index (χ0v) is 14.4. The molecule has 1 aromatic heterocycles. The van der Waals surface area contributed by atoms with Crippen molar-refractivity contribution < 1.29 is 4.79 Å². The van der Waals surface area contributed by atoms with E-state index < -0.39 is 0 Å². The third-order valence-corrected chi connectivity index (χ3v) is 4.60. The fourth-order valence-electron chi connectivity index (χ4n) is 2.34. The van der Waals surface area contributed by atoms with Gasteiger partial charge < -0.3 is 5.32 Å². The predicted octanol–water partition coefficient (Wildman–Crippen LogP) is 5.40. The van der Waals surface area contributed by atoms with Gasteiger partial charge in [-0.25, -0.2) is 4.98 Å². The Labute approximate surface area is 145 Å². The van der Waals surface area contributed by atoms with Gasteiger partial charge in [-0.3, -0.25) is 4.79 Å². The molecule has 4 heteroatoms. The van der Waals surface area contributed by atoms with Crippen LogP contribution in [0.4, 0.5) is 10.8 Å². The molecule has 3 rings (SSSR count). The maximum Gasteiger partial charge on any atom is 0.197 e. The molecule has 3 aromatic rings. The lowest BCUT2D eigenvalue weighted by Crippen LogP contribution is -1.93. The van der Waals surface area contributed by atoms with Crippen LogP contribution in [0.25, 0.3) is 6.08 Å². The molecule has 0 unspecified atom stereocenters. The topological polar surface area (TPSA) is 42.0 Å². The first-order valence-corrected chi connectivity index (χ1v) is 8.52. The third-order valence-electron chi connectivity index (χ3n) is 3.52. The monoisotopic (exact) mass is 334 g/mol. The molecule has 24 heavy (non-hydrogen) atoms. The lowest BCUT2D eigenvalue weighted by Gasteiger charge is -2.02. The minimum Gasteiger partial charge on any atom is -0.332 e. The zero-order chi connectivity index (χ0) is 16.9. The van der Waals surface area contributed by atoms with Gasteiger partial charge in [0.2, 0.25) is 0 Å². The van der Waals surface area contributed by atoms with E-state index in [0.29, 0.717) is 4.88 Å². The second-order valence-electron chi connectivity index (χ2n) is 5.54. The SMILES string of the molecule is Cc1cccc(Nc2nc(C)c(C(=O)/C=C/c3ccccc3)s2)c1. The van der Waals surface area contributed by atoms with Crippen LogP contribution in [0, 0.1) is 13.8 Å². The van der Waals surface area contributed by atoms with E-state index in [1.807, 2.05) is 74.5 Å². The highest BCUT2D eigenvalue weighted by molar-refractivity contribution is 7.17. The Bertz CT molecular complexity index is 882. The van der Waals surface area contributed by atoms with E-state index in [-0.39, 0.29) is 5.78 Å². The lowest BCUT2D eigenvalue weighted by atomic mass is 10.2. The Morgan fingerprint density at radius 3 is 2.62 bits per heavy atom. The molecule has 120 valence electrons. The van der Waals surface area contributed by atoms with Crippen molar-refractivity contribution in [1.82, 2.24) is 4.98 Å². The summed E-state index contributed by atoms with van der Waals surface area (Å²) < 4.78 is 0. The molecule has 0 saturated carbocycles. The number of rotatable bonds is 5. The van der Waals surface area contributed by atoms with E-state index in [9.17, 15) is 4.79 Å². The number of hydrogen-bond donors (Lipinski definition) is 1. The molecule has 3 nitrogen and oxygen atoms in total. The highest BCUT2D eigenvalue weighted by atomic mass is 32.1. The minimum atomic E-state index is -0.0221. The number of aromatic nitrogens is 1. The number of benzene rings is 2. The van der Waals surface area contributed by atoms with Crippen LogP contribution in [-0.2, 0) is 0 Å². The number of nitrogens with one attached hydrogen (secondary N) is 1. The summed E-state index contributed by atoms with van der Waals surface area (Å²) in [5.41, 5.74) is 3.90. The second-order valence-corrected chi connectivity index (χ2v) is 6.54. The van der Waals surface area contributed by atoms with Gasteiger partial charge in [0, 0.05) is 5.69 Å². The minimum absolute atomic E-state index is 0.0221. The maximum atomic E-state index is 12.4. The van der Waals surface area contributed by atoms with Crippen LogP contribution in [0.5, 0.6) is 0 Å². The fourth-order valence-corrected chi connectivity index (χ4v) is 3.24. The summed E-state index contributed by atoms with van der Waals surface area (Å²) >= 11 is 1.38. The summed E-state index contributed by atoms with van der Waals surface area (Å²) in [5.74, 6) is -0.0221. The van der Waals surface area contributed by atoms with Gasteiger partial charge in [0.05, 0.1) is 10.6 Å². The van der Waals surface area contributed by atoms with Crippen LogP contribution in [0.3, 0.4) is 0 Å². The molecule has 0 radical (unpaired) electrons. The number of anilines is 2. The van der Waals surface area contributed by atoms with E-state index in [0.717, 1.165) is 22.1 Å². The van der Waals surface area contributed by atoms with Gasteiger partial charge in [-0.15, -0.1) is 0 Å². The molecule has 0 amide bonds. The normalized spacial score (nSPS) is 10.9. The Balaban J connectivity index is 1.76. The van der Waals surface area contributed by atoms with E-state index in [1.165, 1.54) is 16.9 Å². The standard InChI is InChI=1S/C20H18N2OS/c1-14-7-6-10-17(13-14)22-20-21-15(2)19(24-20)18(23)12-11-16-8-4-3-5-9-16/h3-13H,1-2H3,(H,21,22)/b12-11+. The van der Waals surface area contributed by atoms with Crippen LogP contribution in [-0.4, -0.2) is 10.8 Å². The van der Waals surface area contributed by atoms with Gasteiger partial charge in [0.15, 0.2) is 10.9 Å². The molecular formula is C20H18N2OS. The summed E-state index contributed by atoms with van der Waals surface area (Å²) in [5, 5.41) is 4.00. The van der Waals surface area contributed by atoms with Crippen molar-refractivity contribution in [1.29, 1.82) is 0 Å². The first-order valence-electron chi connectivity index (χ1n) is 7.70. The number of carbonyl (C=O) groups excluding carboxylic acids is 1. The number of nitrogens with zero attached hydrogens (tertiary/aromatic N) is 1. The fraction of sp³-hybridized carbons (Fsp3) is 0.100. The van der Waals surface area contributed by atoms with E-state index in [4.69, 9.17) is 0 Å². The number of hydrogen-bond acceptors (Lipinski definition) is 4. The average Bonchev–Trinajstić information content (AvgIpc) is 2.94. The van der Waals surface area contributed by atoms with Crippen LogP contribution in [0.2, 0.25) is 0 Å². The number of allylic oxidation sites excluding steroid dienone is 1. The number of aryl methyl sites for hydroxylation is 2. The smallest absolute Gasteiger partial charge is 0.197 e. The Hall–Kier alpha value is -2.72. The summed E-state index contributed by atoms with van der Waals surface area (Å²) in [6, 6.07) is 17.9. The van der Waals surface area contributed by atoms with E-state index in [1.54, 1.807) is 6.08 Å². The highest BCUT2D eigenvalue weighted by Crippen LogP contribution is 2.26. The molecule has 1 heterocycles. The summed E-state index contributed by atoms with van der Waals surface area (Å²) in [7, 11) is 0. The van der Waals surface area contributed by atoms with Crippen molar-refractivity contribution in [3.8, 4) is 0 Å². The predicted molar refractivity (Wildman–Crippen MR) is 101 cm³/mol. The lowest BCUT2D eigenvalue weighted by molar-refractivity contribution is 0.105. The molecule has 0 aliphatic carbocycles. The number of ketones is 1. The van der Waals surface area contributed by atoms with Crippen molar-refractivity contribution in [2.75, 3.05) is 5.32 Å². The molecule has 0 saturated heterocycles. The molecule has 0 spiro atoms. The van der Waals surface area contributed by atoms with Crippen LogP contribution >= 0.6 is 11.3 Å². The van der Waals surface area contributed by atoms with Crippen LogP contribution < -0.4 is 5.32 Å². The first-order chi connectivity index (χ1) is 11.6. The van der Waals surface area contributed by atoms with Crippen molar-refractivity contribution in [2.24, 2.45) is 0 Å². The maximum absolute atomic E-state index is 12.4. The number of thiazole rings is 1. The van der Waals surface area contributed by atoms with Gasteiger partial charge >= 0.3 is 0 Å². The van der Waals surface area contributed by atoms with Crippen molar-refractivity contribution in [3.63, 3.8) is 0 Å². The quantitative estimate of drug-likeness (QED) is 0.502. The number of carbonyl (C=O) groups is 1. The molecular weight excluding hydrogens is 316 g/mol.